The van der Waals surface area contributed by atoms with Crippen molar-refractivity contribution in [2.75, 3.05) is 19.7 Å². The molecule has 0 bridgehead atoms. The van der Waals surface area contributed by atoms with E-state index in [-0.39, 0.29) is 5.03 Å². The van der Waals surface area contributed by atoms with Gasteiger partial charge in [0.15, 0.2) is 5.03 Å². The van der Waals surface area contributed by atoms with Crippen LogP contribution >= 0.6 is 0 Å². The third-order valence-corrected chi connectivity index (χ3v) is 6.76. The van der Waals surface area contributed by atoms with Crippen LogP contribution < -0.4 is 0 Å². The van der Waals surface area contributed by atoms with Crippen LogP contribution in [0, 0.1) is 0 Å². The molecule has 1 fully saturated rings. The number of hydrogen-bond acceptors (Lipinski definition) is 4. The average molecular weight is 333 g/mol. The first-order valence-corrected chi connectivity index (χ1v) is 9.17. The molecule has 2 heterocycles. The lowest BCUT2D eigenvalue weighted by Crippen LogP contribution is -2.51. The fourth-order valence-corrected chi connectivity index (χ4v) is 5.24. The second-order valence-corrected chi connectivity index (χ2v) is 8.02. The molecule has 1 spiro atoms. The Morgan fingerprint density at radius 2 is 2.09 bits per heavy atom. The molecule has 0 saturated carbocycles. The van der Waals surface area contributed by atoms with Crippen LogP contribution in [0.5, 0.6) is 0 Å². The van der Waals surface area contributed by atoms with E-state index in [4.69, 9.17) is 4.74 Å². The normalized spacial score (nSPS) is 24.9. The van der Waals surface area contributed by atoms with Crippen LogP contribution in [-0.2, 0) is 33.8 Å². The number of nitrogens with zero attached hydrogens (tertiary/aromatic N) is 3. The van der Waals surface area contributed by atoms with E-state index in [2.05, 4.69) is 17.2 Å². The summed E-state index contributed by atoms with van der Waals surface area (Å²) in [6.07, 6.45) is 3.26. The minimum Gasteiger partial charge on any atom is -0.368 e. The number of hydrogen-bond donors (Lipinski definition) is 0. The molecule has 122 valence electrons. The Morgan fingerprint density at radius 3 is 2.87 bits per heavy atom. The van der Waals surface area contributed by atoms with Gasteiger partial charge in [-0.15, -0.1) is 0 Å². The molecule has 4 rings (SSSR count). The summed E-state index contributed by atoms with van der Waals surface area (Å²) in [6.45, 7) is 1.14. The highest BCUT2D eigenvalue weighted by Crippen LogP contribution is 2.42. The van der Waals surface area contributed by atoms with Gasteiger partial charge in [0.2, 0.25) is 0 Å². The minimum atomic E-state index is -3.56. The Bertz CT molecular complexity index is 842. The highest BCUT2D eigenvalue weighted by molar-refractivity contribution is 7.89. The van der Waals surface area contributed by atoms with E-state index in [1.54, 1.807) is 13.1 Å². The number of fused-ring (bicyclic) bond motifs is 2. The van der Waals surface area contributed by atoms with E-state index >= 15 is 0 Å². The summed E-state index contributed by atoms with van der Waals surface area (Å²) in [5.41, 5.74) is 1.87. The maximum Gasteiger partial charge on any atom is 0.260 e. The molecule has 0 radical (unpaired) electrons. The number of rotatable bonds is 2. The zero-order valence-electron chi connectivity index (χ0n) is 13.0. The number of ether oxygens (including phenoxy) is 1. The van der Waals surface area contributed by atoms with Gasteiger partial charge in [-0.3, -0.25) is 4.68 Å². The third-order valence-electron chi connectivity index (χ3n) is 4.84. The Hall–Kier alpha value is -1.70. The van der Waals surface area contributed by atoms with E-state index < -0.39 is 15.6 Å². The second kappa shape index (κ2) is 5.15. The molecule has 1 saturated heterocycles. The van der Waals surface area contributed by atoms with E-state index in [0.29, 0.717) is 19.7 Å². The Labute approximate surface area is 135 Å². The summed E-state index contributed by atoms with van der Waals surface area (Å²) < 4.78 is 34.9. The summed E-state index contributed by atoms with van der Waals surface area (Å²) in [5.74, 6) is 0. The smallest absolute Gasteiger partial charge is 0.260 e. The SMILES string of the molecule is Cn1nccc1S(=O)(=O)N1CCO[C@]2(CCc3ccccc32)C1. The molecule has 1 aliphatic heterocycles. The summed E-state index contributed by atoms with van der Waals surface area (Å²) in [5, 5.41) is 4.21. The van der Waals surface area contributed by atoms with Crippen molar-refractivity contribution >= 4 is 10.0 Å². The van der Waals surface area contributed by atoms with Crippen LogP contribution in [0.2, 0.25) is 0 Å². The van der Waals surface area contributed by atoms with Gasteiger partial charge in [0.25, 0.3) is 10.0 Å². The van der Waals surface area contributed by atoms with Gasteiger partial charge in [0.05, 0.1) is 12.8 Å². The third kappa shape index (κ3) is 2.22. The lowest BCUT2D eigenvalue weighted by atomic mass is 9.94. The van der Waals surface area contributed by atoms with Crippen LogP contribution in [-0.4, -0.2) is 42.2 Å². The van der Waals surface area contributed by atoms with Crippen molar-refractivity contribution in [2.24, 2.45) is 7.05 Å². The van der Waals surface area contributed by atoms with Crippen molar-refractivity contribution in [1.29, 1.82) is 0 Å². The average Bonchev–Trinajstić information content (AvgIpc) is 3.13. The molecular formula is C16H19N3O3S. The highest BCUT2D eigenvalue weighted by Gasteiger charge is 2.46. The van der Waals surface area contributed by atoms with Gasteiger partial charge in [-0.2, -0.15) is 9.40 Å². The standard InChI is InChI=1S/C16H19N3O3S/c1-18-15(7-9-17-18)23(20,21)19-10-11-22-16(12-19)8-6-13-4-2-3-5-14(13)16/h2-5,7,9H,6,8,10-12H2,1H3/t16-/m1/s1. The van der Waals surface area contributed by atoms with Gasteiger partial charge in [-0.25, -0.2) is 8.42 Å². The van der Waals surface area contributed by atoms with E-state index in [0.717, 1.165) is 18.4 Å². The van der Waals surface area contributed by atoms with Gasteiger partial charge in [-0.05, 0) is 30.0 Å². The number of aryl methyl sites for hydroxylation is 2. The summed E-state index contributed by atoms with van der Waals surface area (Å²) in [7, 11) is -1.91. The fourth-order valence-electron chi connectivity index (χ4n) is 3.67. The van der Waals surface area contributed by atoms with Crippen molar-refractivity contribution < 1.29 is 13.2 Å². The maximum absolute atomic E-state index is 12.9. The van der Waals surface area contributed by atoms with Crippen LogP contribution in [0.3, 0.4) is 0 Å². The van der Waals surface area contributed by atoms with Crippen LogP contribution in [0.25, 0.3) is 0 Å². The van der Waals surface area contributed by atoms with E-state index in [1.807, 2.05) is 12.1 Å². The molecule has 1 atom stereocenters. The first-order chi connectivity index (χ1) is 11.0. The number of aromatic nitrogens is 2. The largest absolute Gasteiger partial charge is 0.368 e. The van der Waals surface area contributed by atoms with E-state index in [9.17, 15) is 8.42 Å². The molecule has 7 heteroatoms. The lowest BCUT2D eigenvalue weighted by Gasteiger charge is -2.40. The van der Waals surface area contributed by atoms with Crippen molar-refractivity contribution in [3.8, 4) is 0 Å². The molecule has 6 nitrogen and oxygen atoms in total. The van der Waals surface area contributed by atoms with Crippen molar-refractivity contribution in [3.63, 3.8) is 0 Å². The topological polar surface area (TPSA) is 64.4 Å². The first kappa shape index (κ1) is 14.9. The van der Waals surface area contributed by atoms with Gasteiger partial charge in [0.1, 0.15) is 5.60 Å². The Balaban J connectivity index is 1.70. The molecule has 1 aromatic carbocycles. The molecule has 0 amide bonds. The zero-order valence-corrected chi connectivity index (χ0v) is 13.8. The summed E-state index contributed by atoms with van der Waals surface area (Å²) >= 11 is 0. The quantitative estimate of drug-likeness (QED) is 0.830. The van der Waals surface area contributed by atoms with Crippen molar-refractivity contribution in [3.05, 3.63) is 47.7 Å². The van der Waals surface area contributed by atoms with Gasteiger partial charge < -0.3 is 4.74 Å². The Morgan fingerprint density at radius 1 is 1.26 bits per heavy atom. The van der Waals surface area contributed by atoms with Crippen molar-refractivity contribution in [1.82, 2.24) is 14.1 Å². The number of morpholine rings is 1. The monoisotopic (exact) mass is 333 g/mol. The molecule has 1 aromatic heterocycles. The molecular weight excluding hydrogens is 314 g/mol. The molecule has 2 aliphatic rings. The van der Waals surface area contributed by atoms with Gasteiger partial charge in [-0.1, -0.05) is 24.3 Å². The molecule has 23 heavy (non-hydrogen) atoms. The summed E-state index contributed by atoms with van der Waals surface area (Å²) in [4.78, 5) is 0. The molecule has 2 aromatic rings. The van der Waals surface area contributed by atoms with Crippen LogP contribution in [0.4, 0.5) is 0 Å². The predicted octanol–water partition coefficient (Wildman–Crippen LogP) is 1.28. The predicted molar refractivity (Wildman–Crippen MR) is 84.4 cm³/mol. The fraction of sp³-hybridized carbons (Fsp3) is 0.438. The van der Waals surface area contributed by atoms with Crippen LogP contribution in [0.1, 0.15) is 17.5 Å². The highest BCUT2D eigenvalue weighted by atomic mass is 32.2. The summed E-state index contributed by atoms with van der Waals surface area (Å²) in [6, 6.07) is 9.71. The first-order valence-electron chi connectivity index (χ1n) is 7.73. The molecule has 0 N–H and O–H groups in total. The number of benzene rings is 1. The van der Waals surface area contributed by atoms with Gasteiger partial charge >= 0.3 is 0 Å². The minimum absolute atomic E-state index is 0.223. The number of sulfonamides is 1. The van der Waals surface area contributed by atoms with Gasteiger partial charge in [0, 0.05) is 20.1 Å². The zero-order chi connectivity index (χ0) is 16.1. The molecule has 0 unspecified atom stereocenters. The van der Waals surface area contributed by atoms with Crippen molar-refractivity contribution in [2.45, 2.75) is 23.5 Å². The van der Waals surface area contributed by atoms with E-state index in [1.165, 1.54) is 20.7 Å². The second-order valence-electron chi connectivity index (χ2n) is 6.13. The molecule has 1 aliphatic carbocycles. The van der Waals surface area contributed by atoms with Crippen LogP contribution in [0.15, 0.2) is 41.6 Å². The Kier molecular flexibility index (Phi) is 3.33. The lowest BCUT2D eigenvalue weighted by molar-refractivity contribution is -0.0934. The maximum atomic E-state index is 12.9.